The van der Waals surface area contributed by atoms with Gasteiger partial charge < -0.3 is 15.2 Å². The fourth-order valence-corrected chi connectivity index (χ4v) is 2.82. The van der Waals surface area contributed by atoms with Crippen molar-refractivity contribution in [2.75, 3.05) is 6.61 Å². The Bertz CT molecular complexity index is 723. The van der Waals surface area contributed by atoms with Gasteiger partial charge >= 0.3 is 5.97 Å². The molecule has 26 heavy (non-hydrogen) atoms. The second-order valence-electron chi connectivity index (χ2n) is 5.76. The molecule has 1 aromatic carbocycles. The molecular weight excluding hydrogens is 352 g/mol. The van der Waals surface area contributed by atoms with Crippen molar-refractivity contribution >= 4 is 23.2 Å². The number of aliphatic carboxylic acids is 1. The zero-order chi connectivity index (χ0) is 19.7. The summed E-state index contributed by atoms with van der Waals surface area (Å²) in [6.07, 6.45) is 0.0459. The van der Waals surface area contributed by atoms with E-state index in [4.69, 9.17) is 9.84 Å². The lowest BCUT2D eigenvalue weighted by Crippen LogP contribution is -2.50. The van der Waals surface area contributed by atoms with Crippen LogP contribution in [0.4, 0.5) is 0 Å². The normalized spacial score (nSPS) is 10.5. The maximum atomic E-state index is 12.0. The van der Waals surface area contributed by atoms with Crippen LogP contribution in [0, 0.1) is 0 Å². The van der Waals surface area contributed by atoms with E-state index in [0.29, 0.717) is 12.3 Å². The minimum atomic E-state index is -1.30. The van der Waals surface area contributed by atoms with Crippen LogP contribution in [0.1, 0.15) is 40.3 Å². The number of nitrogens with zero attached hydrogens (tertiary/aromatic N) is 1. The highest BCUT2D eigenvalue weighted by Crippen LogP contribution is 2.26. The summed E-state index contributed by atoms with van der Waals surface area (Å²) in [6, 6.07) is 7.59. The average Bonchev–Trinajstić information content (AvgIpc) is 3.05. The fourth-order valence-electron chi connectivity index (χ4n) is 1.99. The van der Waals surface area contributed by atoms with Crippen LogP contribution in [-0.2, 0) is 16.0 Å². The first-order valence-electron chi connectivity index (χ1n) is 8.54. The molecule has 0 spiro atoms. The summed E-state index contributed by atoms with van der Waals surface area (Å²) in [5.41, 5.74) is 0.258. The van der Waals surface area contributed by atoms with E-state index in [9.17, 15) is 9.59 Å². The van der Waals surface area contributed by atoms with E-state index in [1.807, 2.05) is 45.0 Å². The number of nitrogens with one attached hydrogen (secondary N) is 1. The molecule has 0 saturated carbocycles. The molecule has 2 aromatic rings. The third kappa shape index (κ3) is 6.15. The number of carbonyl (C=O) groups excluding carboxylic acids is 1. The molecule has 1 amide bonds. The third-order valence-electron chi connectivity index (χ3n) is 3.29. The van der Waals surface area contributed by atoms with Gasteiger partial charge in [-0.25, -0.2) is 9.78 Å². The molecule has 1 aromatic heterocycles. The molecule has 1 heterocycles. The largest absolute Gasteiger partial charge is 0.494 e. The van der Waals surface area contributed by atoms with Crippen molar-refractivity contribution in [2.24, 2.45) is 0 Å². The number of carbonyl (C=O) groups is 2. The Morgan fingerprint density at radius 1 is 1.23 bits per heavy atom. The van der Waals surface area contributed by atoms with E-state index in [1.165, 1.54) is 25.2 Å². The van der Waals surface area contributed by atoms with Gasteiger partial charge in [0.25, 0.3) is 0 Å². The van der Waals surface area contributed by atoms with Crippen LogP contribution in [0.5, 0.6) is 5.75 Å². The highest BCUT2D eigenvalue weighted by atomic mass is 32.1. The number of aromatic nitrogens is 1. The molecule has 0 saturated heterocycles. The minimum Gasteiger partial charge on any atom is -0.494 e. The van der Waals surface area contributed by atoms with Crippen LogP contribution >= 0.6 is 11.3 Å². The van der Waals surface area contributed by atoms with Crippen LogP contribution in [0.25, 0.3) is 10.6 Å². The van der Waals surface area contributed by atoms with Crippen molar-refractivity contribution in [1.29, 1.82) is 0 Å². The summed E-state index contributed by atoms with van der Waals surface area (Å²) in [5, 5.41) is 14.1. The van der Waals surface area contributed by atoms with Crippen molar-refractivity contribution in [2.45, 2.75) is 46.6 Å². The molecule has 0 bridgehead atoms. The quantitative estimate of drug-likeness (QED) is 0.766. The standard InChI is InChI=1S/C17H20N2O4S.C2H6/c1-4-23-13-7-5-11(6-8-13)15-18-12(10-24-15)9-14(20)19-17(2,3)16(21)22;1-2/h5-8,10H,4,9H2,1-3H3,(H,19,20)(H,21,22);1-2H3. The number of thiazole rings is 1. The predicted octanol–water partition coefficient (Wildman–Crippen LogP) is 3.76. The summed E-state index contributed by atoms with van der Waals surface area (Å²) < 4.78 is 5.40. The second kappa shape index (κ2) is 9.91. The Balaban J connectivity index is 0.00000163. The number of rotatable bonds is 7. The van der Waals surface area contributed by atoms with Crippen molar-refractivity contribution in [1.82, 2.24) is 10.3 Å². The molecule has 142 valence electrons. The first kappa shape index (κ1) is 21.6. The molecule has 2 rings (SSSR count). The smallest absolute Gasteiger partial charge is 0.328 e. The fraction of sp³-hybridized carbons (Fsp3) is 0.421. The summed E-state index contributed by atoms with van der Waals surface area (Å²) in [6.45, 7) is 9.43. The second-order valence-corrected chi connectivity index (χ2v) is 6.61. The van der Waals surface area contributed by atoms with Crippen molar-refractivity contribution in [3.05, 3.63) is 35.3 Å². The van der Waals surface area contributed by atoms with Gasteiger partial charge in [-0.3, -0.25) is 4.79 Å². The Morgan fingerprint density at radius 2 is 1.85 bits per heavy atom. The van der Waals surface area contributed by atoms with Crippen LogP contribution in [0.3, 0.4) is 0 Å². The molecular formula is C19H26N2O4S. The van der Waals surface area contributed by atoms with Gasteiger partial charge in [0.15, 0.2) is 0 Å². The van der Waals surface area contributed by atoms with Crippen molar-refractivity contribution < 1.29 is 19.4 Å². The maximum Gasteiger partial charge on any atom is 0.328 e. The summed E-state index contributed by atoms with van der Waals surface area (Å²) in [5.74, 6) is -0.650. The molecule has 0 aliphatic rings. The van der Waals surface area contributed by atoms with Gasteiger partial charge in [-0.1, -0.05) is 13.8 Å². The first-order valence-corrected chi connectivity index (χ1v) is 9.42. The van der Waals surface area contributed by atoms with Gasteiger partial charge in [-0.15, -0.1) is 11.3 Å². The third-order valence-corrected chi connectivity index (χ3v) is 4.23. The number of hydrogen-bond acceptors (Lipinski definition) is 5. The number of amides is 1. The van der Waals surface area contributed by atoms with Gasteiger partial charge in [0.2, 0.25) is 5.91 Å². The van der Waals surface area contributed by atoms with Gasteiger partial charge in [-0.2, -0.15) is 0 Å². The molecule has 0 aliphatic carbocycles. The zero-order valence-corrected chi connectivity index (χ0v) is 16.6. The Morgan fingerprint density at radius 3 is 2.38 bits per heavy atom. The van der Waals surface area contributed by atoms with E-state index < -0.39 is 11.5 Å². The van der Waals surface area contributed by atoms with Crippen LogP contribution < -0.4 is 10.1 Å². The molecule has 0 unspecified atom stereocenters. The lowest BCUT2D eigenvalue weighted by Gasteiger charge is -2.20. The van der Waals surface area contributed by atoms with E-state index in [1.54, 1.807) is 5.38 Å². The molecule has 0 atom stereocenters. The van der Waals surface area contributed by atoms with Crippen molar-refractivity contribution in [3.63, 3.8) is 0 Å². The number of ether oxygens (including phenoxy) is 1. The SMILES string of the molecule is CC.CCOc1ccc(-c2nc(CC(=O)NC(C)(C)C(=O)O)cs2)cc1. The highest BCUT2D eigenvalue weighted by molar-refractivity contribution is 7.13. The molecule has 6 nitrogen and oxygen atoms in total. The molecule has 7 heteroatoms. The monoisotopic (exact) mass is 378 g/mol. The average molecular weight is 378 g/mol. The van der Waals surface area contributed by atoms with Crippen molar-refractivity contribution in [3.8, 4) is 16.3 Å². The molecule has 2 N–H and O–H groups in total. The number of carboxylic acid groups (broad SMARTS) is 1. The number of carboxylic acids is 1. The van der Waals surface area contributed by atoms with Gasteiger partial charge in [0, 0.05) is 10.9 Å². The molecule has 0 fully saturated rings. The molecule has 0 aliphatic heterocycles. The van der Waals surface area contributed by atoms with E-state index >= 15 is 0 Å². The van der Waals surface area contributed by atoms with E-state index in [-0.39, 0.29) is 12.3 Å². The van der Waals surface area contributed by atoms with Gasteiger partial charge in [0.1, 0.15) is 16.3 Å². The van der Waals surface area contributed by atoms with Crippen LogP contribution in [0.2, 0.25) is 0 Å². The lowest BCUT2D eigenvalue weighted by molar-refractivity contribution is -0.145. The highest BCUT2D eigenvalue weighted by Gasteiger charge is 2.29. The number of hydrogen-bond donors (Lipinski definition) is 2. The maximum absolute atomic E-state index is 12.0. The summed E-state index contributed by atoms with van der Waals surface area (Å²) in [7, 11) is 0. The minimum absolute atomic E-state index is 0.0459. The van der Waals surface area contributed by atoms with E-state index in [2.05, 4.69) is 10.3 Å². The van der Waals surface area contributed by atoms with Gasteiger partial charge in [-0.05, 0) is 45.0 Å². The lowest BCUT2D eigenvalue weighted by atomic mass is 10.1. The summed E-state index contributed by atoms with van der Waals surface area (Å²) in [4.78, 5) is 27.4. The first-order chi connectivity index (χ1) is 12.3. The Kier molecular flexibility index (Phi) is 8.25. The predicted molar refractivity (Wildman–Crippen MR) is 104 cm³/mol. The Labute approximate surface area is 158 Å². The number of benzene rings is 1. The molecule has 0 radical (unpaired) electrons. The van der Waals surface area contributed by atoms with E-state index in [0.717, 1.165) is 16.3 Å². The topological polar surface area (TPSA) is 88.5 Å². The van der Waals surface area contributed by atoms with Crippen LogP contribution in [0.15, 0.2) is 29.6 Å². The zero-order valence-electron chi connectivity index (χ0n) is 15.8. The van der Waals surface area contributed by atoms with Crippen LogP contribution in [-0.4, -0.2) is 34.1 Å². The van der Waals surface area contributed by atoms with Gasteiger partial charge in [0.05, 0.1) is 18.7 Å². The Hall–Kier alpha value is -2.41. The summed E-state index contributed by atoms with van der Waals surface area (Å²) >= 11 is 1.44.